The number of ether oxygens (including phenoxy) is 2. The Morgan fingerprint density at radius 1 is 1.62 bits per heavy atom. The summed E-state index contributed by atoms with van der Waals surface area (Å²) in [5.74, 6) is 0.282. The average Bonchev–Trinajstić information content (AvgIpc) is 2.26. The second-order valence-corrected chi connectivity index (χ2v) is 3.64. The van der Waals surface area contributed by atoms with Crippen molar-refractivity contribution in [3.05, 3.63) is 32.8 Å². The van der Waals surface area contributed by atoms with E-state index in [-0.39, 0.29) is 29.7 Å². The molecule has 0 unspecified atom stereocenters. The van der Waals surface area contributed by atoms with Crippen LogP contribution in [0.15, 0.2) is 12.1 Å². The first-order valence-corrected chi connectivity index (χ1v) is 4.85. The van der Waals surface area contributed by atoms with E-state index in [0.29, 0.717) is 5.56 Å². The quantitative estimate of drug-likeness (QED) is 0.630. The zero-order chi connectivity index (χ0) is 11.7. The van der Waals surface area contributed by atoms with Crippen LogP contribution in [-0.2, 0) is 11.3 Å². The van der Waals surface area contributed by atoms with Gasteiger partial charge in [0.05, 0.1) is 22.1 Å². The van der Waals surface area contributed by atoms with Gasteiger partial charge in [-0.2, -0.15) is 0 Å². The number of nitro groups is 1. The molecule has 0 saturated heterocycles. The van der Waals surface area contributed by atoms with Gasteiger partial charge >= 0.3 is 0 Å². The van der Waals surface area contributed by atoms with E-state index in [1.54, 1.807) is 0 Å². The third-order valence-electron chi connectivity index (χ3n) is 2.17. The Hall–Kier alpha value is -1.37. The fourth-order valence-corrected chi connectivity index (χ4v) is 1.66. The van der Waals surface area contributed by atoms with Gasteiger partial charge in [0.2, 0.25) is 6.29 Å². The van der Waals surface area contributed by atoms with Gasteiger partial charge in [-0.05, 0) is 6.07 Å². The number of rotatable bonds is 2. The second kappa shape index (κ2) is 4.25. The van der Waals surface area contributed by atoms with Crippen molar-refractivity contribution < 1.29 is 19.5 Å². The summed E-state index contributed by atoms with van der Waals surface area (Å²) in [6.07, 6.45) is -0.800. The van der Waals surface area contributed by atoms with Crippen LogP contribution in [0.25, 0.3) is 0 Å². The molecular formula is C9H8ClNO5. The van der Waals surface area contributed by atoms with Crippen molar-refractivity contribution in [3.8, 4) is 5.75 Å². The maximum Gasteiger partial charge on any atom is 0.280 e. The molecule has 0 radical (unpaired) electrons. The molecule has 0 fully saturated rings. The van der Waals surface area contributed by atoms with E-state index in [4.69, 9.17) is 26.2 Å². The number of benzene rings is 1. The number of fused-ring (bicyclic) bond motifs is 1. The van der Waals surface area contributed by atoms with E-state index in [1.807, 2.05) is 0 Å². The molecule has 1 aliphatic heterocycles. The van der Waals surface area contributed by atoms with E-state index in [1.165, 1.54) is 12.1 Å². The lowest BCUT2D eigenvalue weighted by Gasteiger charge is -2.24. The number of nitro benzene ring substituents is 1. The fraction of sp³-hybridized carbons (Fsp3) is 0.333. The average molecular weight is 246 g/mol. The van der Waals surface area contributed by atoms with Crippen LogP contribution in [-0.4, -0.2) is 22.9 Å². The standard InChI is InChI=1S/C9H8ClNO5/c10-5-1-7(11(13)14)6-4-15-9(3-12)16-8(6)2-5/h1-2,9,12H,3-4H2/t9-/m0/s1. The zero-order valence-electron chi connectivity index (χ0n) is 8.05. The van der Waals surface area contributed by atoms with Crippen LogP contribution >= 0.6 is 11.6 Å². The lowest BCUT2D eigenvalue weighted by molar-refractivity contribution is -0.386. The van der Waals surface area contributed by atoms with Gasteiger partial charge in [0, 0.05) is 6.07 Å². The first-order valence-electron chi connectivity index (χ1n) is 4.47. The molecule has 0 aliphatic carbocycles. The second-order valence-electron chi connectivity index (χ2n) is 3.20. The Labute approximate surface area is 95.5 Å². The Balaban J connectivity index is 2.45. The molecule has 1 aromatic carbocycles. The van der Waals surface area contributed by atoms with Gasteiger partial charge in [0.25, 0.3) is 5.69 Å². The number of hydrogen-bond acceptors (Lipinski definition) is 5. The first-order chi connectivity index (χ1) is 7.61. The molecule has 0 saturated carbocycles. The summed E-state index contributed by atoms with van der Waals surface area (Å²) in [5.41, 5.74) is 0.193. The van der Waals surface area contributed by atoms with Crippen LogP contribution in [0.1, 0.15) is 5.56 Å². The summed E-state index contributed by atoms with van der Waals surface area (Å²) in [6, 6.07) is 2.71. The molecule has 1 atom stereocenters. The number of halogens is 1. The lowest BCUT2D eigenvalue weighted by Crippen LogP contribution is -2.29. The van der Waals surface area contributed by atoms with E-state index >= 15 is 0 Å². The van der Waals surface area contributed by atoms with E-state index in [0.717, 1.165) is 0 Å². The van der Waals surface area contributed by atoms with Crippen LogP contribution in [0.3, 0.4) is 0 Å². The maximum absolute atomic E-state index is 10.8. The highest BCUT2D eigenvalue weighted by molar-refractivity contribution is 6.31. The molecule has 1 aromatic rings. The largest absolute Gasteiger partial charge is 0.462 e. The summed E-state index contributed by atoms with van der Waals surface area (Å²) in [4.78, 5) is 10.2. The molecule has 6 nitrogen and oxygen atoms in total. The van der Waals surface area contributed by atoms with Crippen LogP contribution in [0.4, 0.5) is 5.69 Å². The highest BCUT2D eigenvalue weighted by atomic mass is 35.5. The van der Waals surface area contributed by atoms with Crippen molar-refractivity contribution in [2.45, 2.75) is 12.9 Å². The molecule has 1 heterocycles. The van der Waals surface area contributed by atoms with E-state index in [9.17, 15) is 10.1 Å². The number of aliphatic hydroxyl groups excluding tert-OH is 1. The predicted molar refractivity (Wildman–Crippen MR) is 54.4 cm³/mol. The molecule has 16 heavy (non-hydrogen) atoms. The molecule has 1 aliphatic rings. The van der Waals surface area contributed by atoms with Crippen molar-refractivity contribution in [2.24, 2.45) is 0 Å². The molecule has 0 spiro atoms. The smallest absolute Gasteiger partial charge is 0.280 e. The normalized spacial score (nSPS) is 18.8. The predicted octanol–water partition coefficient (Wildman–Crippen LogP) is 1.48. The minimum atomic E-state index is -0.800. The zero-order valence-corrected chi connectivity index (χ0v) is 8.81. The number of nitrogens with zero attached hydrogens (tertiary/aromatic N) is 1. The highest BCUT2D eigenvalue weighted by Crippen LogP contribution is 2.36. The fourth-order valence-electron chi connectivity index (χ4n) is 1.45. The Bertz CT molecular complexity index is 436. The molecule has 1 N–H and O–H groups in total. The monoisotopic (exact) mass is 245 g/mol. The van der Waals surface area contributed by atoms with E-state index < -0.39 is 11.2 Å². The van der Waals surface area contributed by atoms with Crippen molar-refractivity contribution in [1.29, 1.82) is 0 Å². The molecule has 0 bridgehead atoms. The minimum Gasteiger partial charge on any atom is -0.462 e. The van der Waals surface area contributed by atoms with Crippen molar-refractivity contribution in [3.63, 3.8) is 0 Å². The van der Waals surface area contributed by atoms with Gasteiger partial charge in [0.1, 0.15) is 12.4 Å². The third-order valence-corrected chi connectivity index (χ3v) is 2.39. The minimum absolute atomic E-state index is 0.0219. The topological polar surface area (TPSA) is 81.8 Å². The Morgan fingerprint density at radius 3 is 3.00 bits per heavy atom. The van der Waals surface area contributed by atoms with Crippen LogP contribution in [0.2, 0.25) is 5.02 Å². The van der Waals surface area contributed by atoms with Crippen LogP contribution < -0.4 is 4.74 Å². The summed E-state index contributed by atoms with van der Waals surface area (Å²) < 4.78 is 10.3. The van der Waals surface area contributed by atoms with Crippen LogP contribution in [0, 0.1) is 10.1 Å². The number of hydrogen-bond donors (Lipinski definition) is 1. The van der Waals surface area contributed by atoms with Gasteiger partial charge in [0.15, 0.2) is 0 Å². The molecule has 7 heteroatoms. The van der Waals surface area contributed by atoms with Gasteiger partial charge in [-0.1, -0.05) is 11.6 Å². The Morgan fingerprint density at radius 2 is 2.38 bits per heavy atom. The SMILES string of the molecule is O=[N+]([O-])c1cc(Cl)cc2c1CO[C@H](CO)O2. The summed E-state index contributed by atoms with van der Waals surface area (Å²) in [7, 11) is 0. The molecule has 0 amide bonds. The summed E-state index contributed by atoms with van der Waals surface area (Å²) in [6.45, 7) is -0.298. The molecule has 2 rings (SSSR count). The summed E-state index contributed by atoms with van der Waals surface area (Å²) >= 11 is 5.73. The molecule has 86 valence electrons. The lowest BCUT2D eigenvalue weighted by atomic mass is 10.1. The highest BCUT2D eigenvalue weighted by Gasteiger charge is 2.27. The van der Waals surface area contributed by atoms with Crippen LogP contribution in [0.5, 0.6) is 5.75 Å². The van der Waals surface area contributed by atoms with Gasteiger partial charge in [-0.25, -0.2) is 0 Å². The maximum atomic E-state index is 10.8. The number of aliphatic hydroxyl groups is 1. The van der Waals surface area contributed by atoms with Gasteiger partial charge in [-0.15, -0.1) is 0 Å². The van der Waals surface area contributed by atoms with Gasteiger partial charge in [-0.3, -0.25) is 10.1 Å². The molecular weight excluding hydrogens is 238 g/mol. The summed E-state index contributed by atoms with van der Waals surface area (Å²) in [5, 5.41) is 19.8. The van der Waals surface area contributed by atoms with Crippen molar-refractivity contribution in [2.75, 3.05) is 6.61 Å². The van der Waals surface area contributed by atoms with E-state index in [2.05, 4.69) is 0 Å². The third kappa shape index (κ3) is 1.95. The van der Waals surface area contributed by atoms with Crippen molar-refractivity contribution in [1.82, 2.24) is 0 Å². The first kappa shape index (κ1) is 11.1. The van der Waals surface area contributed by atoms with Gasteiger partial charge < -0.3 is 14.6 Å². The van der Waals surface area contributed by atoms with Crippen molar-refractivity contribution >= 4 is 17.3 Å². The molecule has 0 aromatic heterocycles. The Kier molecular flexibility index (Phi) is 2.95.